The van der Waals surface area contributed by atoms with Crippen molar-refractivity contribution in [1.82, 2.24) is 19.9 Å². The van der Waals surface area contributed by atoms with Gasteiger partial charge in [0.15, 0.2) is 6.17 Å². The number of nitriles is 1. The number of halogens is 1. The largest absolute Gasteiger partial charge is 0.370 e. The molecular formula is C28H32FN9O. The summed E-state index contributed by atoms with van der Waals surface area (Å²) < 4.78 is 20.2. The van der Waals surface area contributed by atoms with E-state index in [-0.39, 0.29) is 31.0 Å². The van der Waals surface area contributed by atoms with Gasteiger partial charge in [-0.2, -0.15) is 10.2 Å². The summed E-state index contributed by atoms with van der Waals surface area (Å²) in [6, 6.07) is 12.0. The maximum Gasteiger partial charge on any atom is 0.227 e. The molecule has 0 aliphatic carbocycles. The van der Waals surface area contributed by atoms with Crippen LogP contribution in [0.25, 0.3) is 10.9 Å². The molecule has 3 fully saturated rings. The Morgan fingerprint density at radius 1 is 1.03 bits per heavy atom. The van der Waals surface area contributed by atoms with Crippen LogP contribution in [0.5, 0.6) is 0 Å². The second kappa shape index (κ2) is 10.7. The predicted octanol–water partition coefficient (Wildman–Crippen LogP) is 2.49. The van der Waals surface area contributed by atoms with E-state index in [2.05, 4.69) is 42.6 Å². The van der Waals surface area contributed by atoms with Gasteiger partial charge in [-0.15, -0.1) is 0 Å². The monoisotopic (exact) mass is 529 g/mol. The van der Waals surface area contributed by atoms with Gasteiger partial charge in [0.25, 0.3) is 0 Å². The van der Waals surface area contributed by atoms with E-state index in [9.17, 15) is 9.65 Å². The number of morpholine rings is 1. The minimum absolute atomic E-state index is 0.0625. The zero-order valence-corrected chi connectivity index (χ0v) is 22.0. The molecule has 0 radical (unpaired) electrons. The molecule has 10 nitrogen and oxygen atoms in total. The van der Waals surface area contributed by atoms with Crippen molar-refractivity contribution in [3.05, 3.63) is 48.3 Å². The van der Waals surface area contributed by atoms with Gasteiger partial charge in [-0.3, -0.25) is 9.88 Å². The average molecular weight is 530 g/mol. The van der Waals surface area contributed by atoms with Gasteiger partial charge in [0, 0.05) is 69.3 Å². The molecule has 5 heterocycles. The summed E-state index contributed by atoms with van der Waals surface area (Å²) in [7, 11) is 0. The van der Waals surface area contributed by atoms with Gasteiger partial charge in [0.2, 0.25) is 5.95 Å². The molecule has 0 bridgehead atoms. The third-order valence-electron chi connectivity index (χ3n) is 7.72. The van der Waals surface area contributed by atoms with Crippen LogP contribution in [0.2, 0.25) is 0 Å². The molecule has 3 aromatic rings. The molecule has 1 aromatic carbocycles. The van der Waals surface area contributed by atoms with Crippen LogP contribution in [0.1, 0.15) is 12.5 Å². The third-order valence-corrected chi connectivity index (χ3v) is 7.72. The summed E-state index contributed by atoms with van der Waals surface area (Å²) in [6.07, 6.45) is 2.36. The Hall–Kier alpha value is -3.88. The summed E-state index contributed by atoms with van der Waals surface area (Å²) in [4.78, 5) is 22.2. The lowest BCUT2D eigenvalue weighted by Gasteiger charge is -2.42. The molecule has 6 rings (SSSR count). The predicted molar refractivity (Wildman–Crippen MR) is 149 cm³/mol. The first kappa shape index (κ1) is 25.4. The van der Waals surface area contributed by atoms with Gasteiger partial charge in [-0.05, 0) is 37.3 Å². The second-order valence-corrected chi connectivity index (χ2v) is 10.5. The molecule has 3 aliphatic rings. The molecule has 3 saturated heterocycles. The number of hydrogen-bond donors (Lipinski definition) is 1. The number of piperazine rings is 1. The molecule has 3 aliphatic heterocycles. The van der Waals surface area contributed by atoms with E-state index in [1.807, 2.05) is 30.3 Å². The van der Waals surface area contributed by atoms with E-state index in [4.69, 9.17) is 10.1 Å². The number of rotatable bonds is 5. The second-order valence-electron chi connectivity index (χ2n) is 10.5. The van der Waals surface area contributed by atoms with Gasteiger partial charge in [0.1, 0.15) is 11.9 Å². The SMILES string of the molecule is C[C@@H]1CN(c2ccc(C#N)c3ncccc23)C[C@H](CN2CCN(c3ccnc(N4CC(=N)C(F)C4)n3)CC2)O1. The summed E-state index contributed by atoms with van der Waals surface area (Å²) in [6.45, 7) is 8.32. The normalized spacial score (nSPS) is 24.4. The number of ether oxygens (including phenoxy) is 1. The molecule has 0 amide bonds. The van der Waals surface area contributed by atoms with Crippen LogP contribution in [0.15, 0.2) is 42.7 Å². The summed E-state index contributed by atoms with van der Waals surface area (Å²) in [5, 5.41) is 18.2. The van der Waals surface area contributed by atoms with E-state index >= 15 is 0 Å². The Morgan fingerprint density at radius 2 is 1.87 bits per heavy atom. The fourth-order valence-corrected chi connectivity index (χ4v) is 5.81. The van der Waals surface area contributed by atoms with Crippen LogP contribution >= 0.6 is 0 Å². The number of alkyl halides is 1. The van der Waals surface area contributed by atoms with Crippen molar-refractivity contribution < 1.29 is 9.13 Å². The molecule has 11 heteroatoms. The standard InChI is InChI=1S/C28H32FN9O/c1-19-14-37(25-5-4-20(13-30)27-22(25)3-2-7-32-27)16-21(39-19)15-35-9-11-36(12-10-35)26-6-8-33-28(34-26)38-17-23(29)24(31)18-38/h2-8,19,21,23,31H,9-12,14-18H2,1H3/t19-,21+,23?/m1/s1. The average Bonchev–Trinajstić information content (AvgIpc) is 3.30. The Kier molecular flexibility index (Phi) is 6.97. The topological polar surface area (TPSA) is 109 Å². The summed E-state index contributed by atoms with van der Waals surface area (Å²) in [5.74, 6) is 1.32. The van der Waals surface area contributed by atoms with Crippen molar-refractivity contribution in [1.29, 1.82) is 10.7 Å². The Bertz CT molecular complexity index is 1400. The quantitative estimate of drug-likeness (QED) is 0.533. The lowest BCUT2D eigenvalue weighted by Crippen LogP contribution is -2.54. The molecule has 202 valence electrons. The zero-order chi connectivity index (χ0) is 26.9. The molecule has 0 saturated carbocycles. The number of nitrogens with zero attached hydrogens (tertiary/aromatic N) is 8. The summed E-state index contributed by atoms with van der Waals surface area (Å²) >= 11 is 0. The first-order chi connectivity index (χ1) is 19.0. The lowest BCUT2D eigenvalue weighted by atomic mass is 10.1. The van der Waals surface area contributed by atoms with Crippen molar-refractivity contribution in [2.45, 2.75) is 25.3 Å². The third kappa shape index (κ3) is 5.22. The molecular weight excluding hydrogens is 497 g/mol. The lowest BCUT2D eigenvalue weighted by molar-refractivity contribution is -0.0327. The highest BCUT2D eigenvalue weighted by Gasteiger charge is 2.31. The first-order valence-corrected chi connectivity index (χ1v) is 13.4. The molecule has 0 spiro atoms. The number of hydrogen-bond acceptors (Lipinski definition) is 10. The molecule has 1 N–H and O–H groups in total. The number of benzene rings is 1. The van der Waals surface area contributed by atoms with Crippen molar-refractivity contribution in [3.8, 4) is 6.07 Å². The van der Waals surface area contributed by atoms with Crippen molar-refractivity contribution in [2.75, 3.05) is 73.6 Å². The van der Waals surface area contributed by atoms with Crippen LogP contribution < -0.4 is 14.7 Å². The molecule has 2 aromatic heterocycles. The molecule has 1 unspecified atom stereocenters. The highest BCUT2D eigenvalue weighted by molar-refractivity contribution is 5.95. The van der Waals surface area contributed by atoms with E-state index in [1.165, 1.54) is 0 Å². The fraction of sp³-hybridized carbons (Fsp3) is 0.464. The van der Waals surface area contributed by atoms with Crippen LogP contribution in [-0.4, -0.2) is 103 Å². The van der Waals surface area contributed by atoms with E-state index in [1.54, 1.807) is 17.3 Å². The van der Waals surface area contributed by atoms with Crippen LogP contribution in [0.3, 0.4) is 0 Å². The number of anilines is 3. The first-order valence-electron chi connectivity index (χ1n) is 13.4. The summed E-state index contributed by atoms with van der Waals surface area (Å²) in [5.41, 5.74) is 2.51. The Morgan fingerprint density at radius 3 is 2.64 bits per heavy atom. The van der Waals surface area contributed by atoms with E-state index in [0.717, 1.165) is 68.2 Å². The minimum Gasteiger partial charge on any atom is -0.370 e. The smallest absolute Gasteiger partial charge is 0.227 e. The van der Waals surface area contributed by atoms with Gasteiger partial charge in [-0.25, -0.2) is 9.37 Å². The van der Waals surface area contributed by atoms with Crippen molar-refractivity contribution >= 4 is 34.1 Å². The van der Waals surface area contributed by atoms with Gasteiger partial charge in [0.05, 0.1) is 42.1 Å². The highest BCUT2D eigenvalue weighted by atomic mass is 19.1. The fourth-order valence-electron chi connectivity index (χ4n) is 5.81. The zero-order valence-electron chi connectivity index (χ0n) is 22.0. The highest BCUT2D eigenvalue weighted by Crippen LogP contribution is 2.30. The molecule has 39 heavy (non-hydrogen) atoms. The van der Waals surface area contributed by atoms with E-state index < -0.39 is 6.17 Å². The van der Waals surface area contributed by atoms with Gasteiger partial charge >= 0.3 is 0 Å². The minimum atomic E-state index is -1.24. The number of nitrogens with one attached hydrogen (secondary N) is 1. The maximum atomic E-state index is 13.8. The Balaban J connectivity index is 1.09. The van der Waals surface area contributed by atoms with Gasteiger partial charge < -0.3 is 24.8 Å². The van der Waals surface area contributed by atoms with Crippen LogP contribution in [0.4, 0.5) is 21.8 Å². The number of pyridine rings is 1. The van der Waals surface area contributed by atoms with Crippen molar-refractivity contribution in [3.63, 3.8) is 0 Å². The number of fused-ring (bicyclic) bond motifs is 1. The molecule has 3 atom stereocenters. The van der Waals surface area contributed by atoms with E-state index in [0.29, 0.717) is 11.5 Å². The Labute approximate surface area is 227 Å². The van der Waals surface area contributed by atoms with Crippen LogP contribution in [0, 0.1) is 16.7 Å². The van der Waals surface area contributed by atoms with Crippen molar-refractivity contribution in [2.24, 2.45) is 0 Å². The number of aromatic nitrogens is 3. The maximum absolute atomic E-state index is 13.8. The van der Waals surface area contributed by atoms with Crippen LogP contribution in [-0.2, 0) is 4.74 Å². The van der Waals surface area contributed by atoms with Gasteiger partial charge in [-0.1, -0.05) is 0 Å².